The van der Waals surface area contributed by atoms with Crippen LogP contribution in [0.4, 0.5) is 8.78 Å². The minimum absolute atomic E-state index is 0.0649. The third-order valence-electron chi connectivity index (χ3n) is 7.21. The fraction of sp³-hybridized carbons (Fsp3) is 0.286. The first-order valence-corrected chi connectivity index (χ1v) is 15.4. The quantitative estimate of drug-likeness (QED) is 0.141. The number of amides is 1. The number of carbonyl (C=O) groups excluding carboxylic acids is 1. The van der Waals surface area contributed by atoms with Crippen LogP contribution in [-0.2, 0) is 25.9 Å². The van der Waals surface area contributed by atoms with E-state index in [9.17, 15) is 18.7 Å². The molecule has 43 heavy (non-hydrogen) atoms. The second kappa shape index (κ2) is 16.0. The number of hydrogen-bond donors (Lipinski definition) is 3. The normalized spacial score (nSPS) is 12.7. The summed E-state index contributed by atoms with van der Waals surface area (Å²) in [6, 6.07) is 26.5. The van der Waals surface area contributed by atoms with Crippen molar-refractivity contribution in [1.29, 1.82) is 0 Å². The minimum atomic E-state index is -1.01. The van der Waals surface area contributed by atoms with Gasteiger partial charge in [0.2, 0.25) is 0 Å². The Morgan fingerprint density at radius 1 is 0.884 bits per heavy atom. The number of nitrogens with zero attached hydrogens (tertiary/aromatic N) is 1. The number of likely N-dealkylation sites (N-methyl/N-ethyl adjacent to an activating group) is 1. The lowest BCUT2D eigenvalue weighted by molar-refractivity contribution is 0.0829. The van der Waals surface area contributed by atoms with Gasteiger partial charge < -0.3 is 20.6 Å². The van der Waals surface area contributed by atoms with Gasteiger partial charge in [-0.1, -0.05) is 54.1 Å². The topological polar surface area (TPSA) is 64.6 Å². The zero-order valence-corrected chi connectivity index (χ0v) is 26.7. The average Bonchev–Trinajstić information content (AvgIpc) is 2.95. The first kappa shape index (κ1) is 32.7. The molecule has 5 nitrogen and oxygen atoms in total. The van der Waals surface area contributed by atoms with Crippen LogP contribution < -0.4 is 10.6 Å². The van der Waals surface area contributed by atoms with Crippen molar-refractivity contribution in [3.63, 3.8) is 0 Å². The highest BCUT2D eigenvalue weighted by Crippen LogP contribution is 2.16. The van der Waals surface area contributed by atoms with Crippen LogP contribution in [0.15, 0.2) is 91.0 Å². The number of benzene rings is 4. The molecule has 0 unspecified atom stereocenters. The second-order valence-electron chi connectivity index (χ2n) is 11.1. The first-order chi connectivity index (χ1) is 20.6. The predicted molar refractivity (Wildman–Crippen MR) is 176 cm³/mol. The van der Waals surface area contributed by atoms with Crippen molar-refractivity contribution in [3.05, 3.63) is 140 Å². The highest BCUT2D eigenvalue weighted by molar-refractivity contribution is 14.1. The van der Waals surface area contributed by atoms with Crippen molar-refractivity contribution >= 4 is 28.5 Å². The summed E-state index contributed by atoms with van der Waals surface area (Å²) in [5.41, 5.74) is 5.13. The molecule has 0 saturated heterocycles. The third kappa shape index (κ3) is 10.8. The summed E-state index contributed by atoms with van der Waals surface area (Å²) in [6.07, 6.45) is -0.175. The number of carbonyl (C=O) groups is 1. The van der Waals surface area contributed by atoms with Crippen molar-refractivity contribution in [2.45, 2.75) is 45.0 Å². The monoisotopic (exact) mass is 697 g/mol. The maximum Gasteiger partial charge on any atom is 0.251 e. The molecule has 0 aliphatic rings. The van der Waals surface area contributed by atoms with Crippen LogP contribution in [-0.4, -0.2) is 48.2 Å². The Balaban J connectivity index is 1.43. The van der Waals surface area contributed by atoms with Crippen LogP contribution in [0.1, 0.15) is 38.2 Å². The zero-order valence-electron chi connectivity index (χ0n) is 24.5. The summed E-state index contributed by atoms with van der Waals surface area (Å²) in [6.45, 7) is 4.31. The van der Waals surface area contributed by atoms with Gasteiger partial charge in [0.25, 0.3) is 5.91 Å². The van der Waals surface area contributed by atoms with Crippen molar-refractivity contribution in [3.8, 4) is 0 Å². The summed E-state index contributed by atoms with van der Waals surface area (Å²) in [5, 5.41) is 17.3. The highest BCUT2D eigenvalue weighted by Gasteiger charge is 2.23. The molecule has 4 rings (SSSR count). The van der Waals surface area contributed by atoms with E-state index in [2.05, 4.69) is 63.4 Å². The molecule has 0 aliphatic carbocycles. The Morgan fingerprint density at radius 2 is 1.60 bits per heavy atom. The van der Waals surface area contributed by atoms with Gasteiger partial charge in [-0.3, -0.25) is 4.79 Å². The SMILES string of the molecule is Cc1cc(CCN(C)Cc2ccccc2)cc(C(=O)N[C@@H](Cc2cc(F)cc(F)c2)[C@H](O)CNCc2cccc(I)c2)c1. The summed E-state index contributed by atoms with van der Waals surface area (Å²) in [4.78, 5) is 15.7. The fourth-order valence-corrected chi connectivity index (χ4v) is 5.71. The van der Waals surface area contributed by atoms with E-state index in [0.717, 1.165) is 45.8 Å². The predicted octanol–water partition coefficient (Wildman–Crippen LogP) is 6.04. The van der Waals surface area contributed by atoms with Crippen LogP contribution in [0.2, 0.25) is 0 Å². The van der Waals surface area contributed by atoms with Gasteiger partial charge >= 0.3 is 0 Å². The van der Waals surface area contributed by atoms with E-state index >= 15 is 0 Å². The molecule has 0 aromatic heterocycles. The molecule has 226 valence electrons. The molecule has 0 spiro atoms. The lowest BCUT2D eigenvalue weighted by Gasteiger charge is -2.25. The molecule has 0 heterocycles. The first-order valence-electron chi connectivity index (χ1n) is 14.4. The molecule has 4 aromatic rings. The van der Waals surface area contributed by atoms with E-state index in [1.54, 1.807) is 0 Å². The van der Waals surface area contributed by atoms with Crippen LogP contribution in [0.5, 0.6) is 0 Å². The number of aliphatic hydroxyl groups is 1. The molecular weight excluding hydrogens is 659 g/mol. The molecule has 4 aromatic carbocycles. The summed E-state index contributed by atoms with van der Waals surface area (Å²) in [5.74, 6) is -1.75. The van der Waals surface area contributed by atoms with Gasteiger partial charge in [0, 0.05) is 41.4 Å². The standard InChI is InChI=1S/C35H38F2IN3O2/c1-24-13-26(11-12-41(2)23-25-7-4-3-5-8-25)15-29(14-24)35(43)40-33(19-28-16-30(36)20-31(37)17-28)34(42)22-39-21-27-9-6-10-32(38)18-27/h3-10,13-18,20,33-34,39,42H,11-12,19,21-23H2,1-2H3,(H,40,43)/t33-,34+/m0/s1. The second-order valence-corrected chi connectivity index (χ2v) is 12.3. The lowest BCUT2D eigenvalue weighted by atomic mass is 9.99. The lowest BCUT2D eigenvalue weighted by Crippen LogP contribution is -2.48. The number of aryl methyl sites for hydroxylation is 1. The number of rotatable bonds is 14. The average molecular weight is 698 g/mol. The van der Waals surface area contributed by atoms with Gasteiger partial charge in [-0.15, -0.1) is 0 Å². The summed E-state index contributed by atoms with van der Waals surface area (Å²) < 4.78 is 29.0. The summed E-state index contributed by atoms with van der Waals surface area (Å²) in [7, 11) is 2.07. The van der Waals surface area contributed by atoms with Crippen molar-refractivity contribution in [2.75, 3.05) is 20.1 Å². The third-order valence-corrected chi connectivity index (χ3v) is 7.88. The van der Waals surface area contributed by atoms with E-state index in [1.807, 2.05) is 61.5 Å². The van der Waals surface area contributed by atoms with Crippen LogP contribution in [0.3, 0.4) is 0 Å². The molecular formula is C35H38F2IN3O2. The Bertz CT molecular complexity index is 1480. The molecule has 8 heteroatoms. The van der Waals surface area contributed by atoms with Gasteiger partial charge in [-0.25, -0.2) is 8.78 Å². The van der Waals surface area contributed by atoms with Crippen molar-refractivity contribution in [1.82, 2.24) is 15.5 Å². The molecule has 1 amide bonds. The Labute approximate surface area is 266 Å². The van der Waals surface area contributed by atoms with Gasteiger partial charge in [0.1, 0.15) is 11.6 Å². The van der Waals surface area contributed by atoms with E-state index in [-0.39, 0.29) is 18.9 Å². The van der Waals surface area contributed by atoms with Gasteiger partial charge in [-0.05, 0) is 108 Å². The van der Waals surface area contributed by atoms with Crippen molar-refractivity contribution in [2.24, 2.45) is 0 Å². The molecule has 0 bridgehead atoms. The summed E-state index contributed by atoms with van der Waals surface area (Å²) >= 11 is 2.25. The number of nitrogens with one attached hydrogen (secondary N) is 2. The molecule has 3 N–H and O–H groups in total. The Morgan fingerprint density at radius 3 is 2.33 bits per heavy atom. The van der Waals surface area contributed by atoms with Gasteiger partial charge in [0.05, 0.1) is 12.1 Å². The van der Waals surface area contributed by atoms with E-state index in [1.165, 1.54) is 17.7 Å². The highest BCUT2D eigenvalue weighted by atomic mass is 127. The maximum atomic E-state index is 14.0. The van der Waals surface area contributed by atoms with Gasteiger partial charge in [0.15, 0.2) is 0 Å². The fourth-order valence-electron chi connectivity index (χ4n) is 5.10. The molecule has 0 fully saturated rings. The molecule has 2 atom stereocenters. The number of aliphatic hydroxyl groups excluding tert-OH is 1. The maximum absolute atomic E-state index is 14.0. The minimum Gasteiger partial charge on any atom is -0.390 e. The van der Waals surface area contributed by atoms with Crippen molar-refractivity contribution < 1.29 is 18.7 Å². The van der Waals surface area contributed by atoms with Crippen LogP contribution in [0.25, 0.3) is 0 Å². The Hall–Kier alpha value is -3.18. The van der Waals surface area contributed by atoms with Crippen LogP contribution in [0, 0.1) is 22.1 Å². The van der Waals surface area contributed by atoms with Crippen LogP contribution >= 0.6 is 22.6 Å². The largest absolute Gasteiger partial charge is 0.390 e. The molecule has 0 saturated carbocycles. The smallest absolute Gasteiger partial charge is 0.251 e. The molecule has 0 radical (unpaired) electrons. The van der Waals surface area contributed by atoms with E-state index < -0.39 is 23.8 Å². The molecule has 0 aliphatic heterocycles. The number of halogens is 3. The van der Waals surface area contributed by atoms with Gasteiger partial charge in [-0.2, -0.15) is 0 Å². The Kier molecular flexibility index (Phi) is 12.2. The van der Waals surface area contributed by atoms with E-state index in [0.29, 0.717) is 17.7 Å². The zero-order chi connectivity index (χ0) is 30.8. The van der Waals surface area contributed by atoms with E-state index in [4.69, 9.17) is 0 Å². The number of hydrogen-bond acceptors (Lipinski definition) is 4.